The van der Waals surface area contributed by atoms with Crippen LogP contribution in [-0.2, 0) is 6.42 Å². The Bertz CT molecular complexity index is 621. The lowest BCUT2D eigenvalue weighted by atomic mass is 10.2. The van der Waals surface area contributed by atoms with Crippen molar-refractivity contribution in [3.8, 4) is 22.4 Å². The van der Waals surface area contributed by atoms with Gasteiger partial charge in [0.15, 0.2) is 0 Å². The highest BCUT2D eigenvalue weighted by atomic mass is 79.9. The summed E-state index contributed by atoms with van der Waals surface area (Å²) in [6.45, 7) is 0. The minimum Gasteiger partial charge on any atom is -0.496 e. The Kier molecular flexibility index (Phi) is 3.94. The van der Waals surface area contributed by atoms with Crippen molar-refractivity contribution in [1.29, 1.82) is 5.26 Å². The summed E-state index contributed by atoms with van der Waals surface area (Å²) in [5, 5.41) is 9.31. The van der Waals surface area contributed by atoms with Gasteiger partial charge in [0.05, 0.1) is 34.6 Å². The lowest BCUT2D eigenvalue weighted by molar-refractivity contribution is 0.415. The van der Waals surface area contributed by atoms with Gasteiger partial charge in [-0.25, -0.2) is 9.37 Å². The van der Waals surface area contributed by atoms with Crippen molar-refractivity contribution >= 4 is 27.3 Å². The topological polar surface area (TPSA) is 45.9 Å². The predicted octanol–water partition coefficient (Wildman–Crippen LogP) is 3.79. The summed E-state index contributed by atoms with van der Waals surface area (Å²) < 4.78 is 19.2. The molecule has 2 rings (SSSR count). The van der Waals surface area contributed by atoms with Crippen molar-refractivity contribution in [3.05, 3.63) is 33.5 Å². The third kappa shape index (κ3) is 2.52. The van der Waals surface area contributed by atoms with E-state index in [0.717, 1.165) is 3.79 Å². The van der Waals surface area contributed by atoms with E-state index in [1.165, 1.54) is 30.6 Å². The van der Waals surface area contributed by atoms with Gasteiger partial charge in [0.25, 0.3) is 0 Å². The molecule has 92 valence electrons. The highest BCUT2D eigenvalue weighted by Crippen LogP contribution is 2.37. The van der Waals surface area contributed by atoms with Crippen molar-refractivity contribution in [2.75, 3.05) is 7.11 Å². The molecule has 1 aromatic carbocycles. The second kappa shape index (κ2) is 5.46. The van der Waals surface area contributed by atoms with E-state index >= 15 is 0 Å². The first-order valence-corrected chi connectivity index (χ1v) is 6.62. The molecule has 0 radical (unpaired) electrons. The first kappa shape index (κ1) is 13.0. The van der Waals surface area contributed by atoms with Crippen LogP contribution in [0.15, 0.2) is 22.0 Å². The van der Waals surface area contributed by atoms with Crippen molar-refractivity contribution in [2.45, 2.75) is 6.42 Å². The largest absolute Gasteiger partial charge is 0.496 e. The molecule has 1 heterocycles. The summed E-state index contributed by atoms with van der Waals surface area (Å²) in [5.74, 6) is 0.208. The number of halogens is 2. The molecule has 0 aliphatic carbocycles. The zero-order chi connectivity index (χ0) is 13.1. The third-order valence-corrected chi connectivity index (χ3v) is 4.15. The number of benzene rings is 1. The van der Waals surface area contributed by atoms with Gasteiger partial charge in [0.2, 0.25) is 0 Å². The molecule has 3 nitrogen and oxygen atoms in total. The lowest BCUT2D eigenvalue weighted by Crippen LogP contribution is -1.89. The number of nitriles is 1. The van der Waals surface area contributed by atoms with Crippen LogP contribution in [0, 0.1) is 17.1 Å². The molecular weight excluding hydrogens is 319 g/mol. The highest BCUT2D eigenvalue weighted by molar-refractivity contribution is 9.11. The normalized spacial score (nSPS) is 10.1. The van der Waals surface area contributed by atoms with Gasteiger partial charge in [-0.3, -0.25) is 0 Å². The Balaban J connectivity index is 2.51. The molecule has 0 saturated carbocycles. The van der Waals surface area contributed by atoms with E-state index in [9.17, 15) is 4.39 Å². The van der Waals surface area contributed by atoms with Crippen LogP contribution in [0.1, 0.15) is 5.69 Å². The number of nitrogens with zero attached hydrogens (tertiary/aromatic N) is 2. The van der Waals surface area contributed by atoms with Gasteiger partial charge in [-0.15, -0.1) is 11.3 Å². The summed E-state index contributed by atoms with van der Waals surface area (Å²) in [6, 6.07) is 6.31. The number of hydrogen-bond acceptors (Lipinski definition) is 4. The average Bonchev–Trinajstić information content (AvgIpc) is 2.71. The van der Waals surface area contributed by atoms with Gasteiger partial charge in [0, 0.05) is 0 Å². The molecule has 0 bridgehead atoms. The van der Waals surface area contributed by atoms with E-state index in [-0.39, 0.29) is 12.2 Å². The second-order valence-corrected chi connectivity index (χ2v) is 5.74. The zero-order valence-corrected chi connectivity index (χ0v) is 11.8. The van der Waals surface area contributed by atoms with E-state index in [2.05, 4.69) is 20.9 Å². The van der Waals surface area contributed by atoms with Crippen LogP contribution in [0.5, 0.6) is 5.75 Å². The Hall–Kier alpha value is -1.45. The quantitative estimate of drug-likeness (QED) is 0.862. The molecule has 0 saturated heterocycles. The van der Waals surface area contributed by atoms with Gasteiger partial charge >= 0.3 is 0 Å². The number of hydrogen-bond donors (Lipinski definition) is 0. The number of aromatic nitrogens is 1. The minimum atomic E-state index is -0.348. The van der Waals surface area contributed by atoms with Crippen molar-refractivity contribution in [3.63, 3.8) is 0 Å². The summed E-state index contributed by atoms with van der Waals surface area (Å²) in [7, 11) is 1.52. The Morgan fingerprint density at radius 3 is 3.00 bits per heavy atom. The maximum absolute atomic E-state index is 13.3. The monoisotopic (exact) mass is 326 g/mol. The molecule has 0 unspecified atom stereocenters. The van der Waals surface area contributed by atoms with Crippen LogP contribution >= 0.6 is 27.3 Å². The predicted molar refractivity (Wildman–Crippen MR) is 71.1 cm³/mol. The number of thiazole rings is 1. The fourth-order valence-electron chi connectivity index (χ4n) is 1.48. The average molecular weight is 327 g/mol. The molecule has 1 aromatic heterocycles. The third-order valence-electron chi connectivity index (χ3n) is 2.29. The van der Waals surface area contributed by atoms with Crippen LogP contribution < -0.4 is 4.74 Å². The molecule has 2 aromatic rings. The number of rotatable bonds is 3. The maximum Gasteiger partial charge on any atom is 0.129 e. The van der Waals surface area contributed by atoms with Crippen LogP contribution in [0.2, 0.25) is 0 Å². The highest BCUT2D eigenvalue weighted by Gasteiger charge is 2.14. The summed E-state index contributed by atoms with van der Waals surface area (Å²) in [4.78, 5) is 4.32. The maximum atomic E-state index is 13.3. The molecule has 0 spiro atoms. The van der Waals surface area contributed by atoms with E-state index in [1.54, 1.807) is 6.07 Å². The molecule has 0 aliphatic rings. The zero-order valence-electron chi connectivity index (χ0n) is 9.41. The Morgan fingerprint density at radius 2 is 2.33 bits per heavy atom. The van der Waals surface area contributed by atoms with Crippen LogP contribution in [-0.4, -0.2) is 12.1 Å². The Labute approximate surface area is 116 Å². The molecule has 0 N–H and O–H groups in total. The van der Waals surface area contributed by atoms with E-state index in [4.69, 9.17) is 10.00 Å². The molecule has 6 heteroatoms. The molecular formula is C12H8BrFN2OS. The summed E-state index contributed by atoms with van der Waals surface area (Å²) >= 11 is 4.70. The van der Waals surface area contributed by atoms with Crippen molar-refractivity contribution in [2.24, 2.45) is 0 Å². The van der Waals surface area contributed by atoms with E-state index in [1.807, 2.05) is 6.07 Å². The van der Waals surface area contributed by atoms with Crippen LogP contribution in [0.4, 0.5) is 4.39 Å². The minimum absolute atomic E-state index is 0.217. The van der Waals surface area contributed by atoms with Crippen LogP contribution in [0.3, 0.4) is 0 Å². The van der Waals surface area contributed by atoms with Crippen LogP contribution in [0.25, 0.3) is 10.6 Å². The second-order valence-electron chi connectivity index (χ2n) is 3.42. The first-order valence-electron chi connectivity index (χ1n) is 5.01. The van der Waals surface area contributed by atoms with Gasteiger partial charge < -0.3 is 4.74 Å². The molecule has 0 aliphatic heterocycles. The fourth-order valence-corrected chi connectivity index (χ4v) is 3.00. The summed E-state index contributed by atoms with van der Waals surface area (Å²) in [6.07, 6.45) is 0.217. The standard InChI is InChI=1S/C12H8BrFN2OS/c1-17-10-3-2-7(14)6-8(10)12-16-9(4-5-15)11(13)18-12/h2-3,6H,4H2,1H3. The smallest absolute Gasteiger partial charge is 0.129 e. The van der Waals surface area contributed by atoms with Gasteiger partial charge in [-0.2, -0.15) is 5.26 Å². The Morgan fingerprint density at radius 1 is 1.56 bits per heavy atom. The molecule has 0 atom stereocenters. The lowest BCUT2D eigenvalue weighted by Gasteiger charge is -2.05. The van der Waals surface area contributed by atoms with Gasteiger partial charge in [0.1, 0.15) is 16.6 Å². The van der Waals surface area contributed by atoms with Crippen molar-refractivity contribution in [1.82, 2.24) is 4.98 Å². The number of methoxy groups -OCH3 is 1. The first-order chi connectivity index (χ1) is 8.65. The summed E-state index contributed by atoms with van der Waals surface area (Å²) in [5.41, 5.74) is 1.25. The van der Waals surface area contributed by atoms with E-state index < -0.39 is 0 Å². The molecule has 0 amide bonds. The fraction of sp³-hybridized carbons (Fsp3) is 0.167. The molecule has 0 fully saturated rings. The molecule has 18 heavy (non-hydrogen) atoms. The SMILES string of the molecule is COc1ccc(F)cc1-c1nc(CC#N)c(Br)s1. The number of ether oxygens (including phenoxy) is 1. The van der Waals surface area contributed by atoms with Gasteiger partial charge in [-0.1, -0.05) is 0 Å². The van der Waals surface area contributed by atoms with E-state index in [0.29, 0.717) is 22.0 Å². The van der Waals surface area contributed by atoms with Gasteiger partial charge in [-0.05, 0) is 34.1 Å². The van der Waals surface area contributed by atoms with Crippen molar-refractivity contribution < 1.29 is 9.13 Å².